The zero-order chi connectivity index (χ0) is 21.4. The molecule has 0 radical (unpaired) electrons. The van der Waals surface area contributed by atoms with Crippen LogP contribution in [0.15, 0.2) is 54.0 Å². The fourth-order valence-electron chi connectivity index (χ4n) is 4.37. The molecule has 0 unspecified atom stereocenters. The van der Waals surface area contributed by atoms with Crippen molar-refractivity contribution in [1.82, 2.24) is 9.88 Å². The highest BCUT2D eigenvalue weighted by atomic mass is 32.1. The molecule has 6 nitrogen and oxygen atoms in total. The van der Waals surface area contributed by atoms with Gasteiger partial charge >= 0.3 is 0 Å². The molecule has 1 aromatic heterocycles. The van der Waals surface area contributed by atoms with E-state index in [1.165, 1.54) is 16.2 Å². The number of anilines is 1. The van der Waals surface area contributed by atoms with Crippen LogP contribution >= 0.6 is 11.3 Å². The summed E-state index contributed by atoms with van der Waals surface area (Å²) in [5, 5.41) is 5.66. The number of hydrogen-bond donors (Lipinski definition) is 1. The zero-order valence-electron chi connectivity index (χ0n) is 16.8. The van der Waals surface area contributed by atoms with E-state index in [0.29, 0.717) is 22.4 Å². The van der Waals surface area contributed by atoms with E-state index in [-0.39, 0.29) is 23.8 Å². The fraction of sp³-hybridized carbons (Fsp3) is 0.250. The standard InChI is InChI=1S/C24H21N3O3S/c28-21(26-17-6-4-5-16(13-17)22-25-11-12-31-22)15-9-10-19-20(14-15)24(30)27(23(19)29)18-7-2-1-3-8-18/h4-6,9-14,18H,1-3,7-8H2,(H,26,28). The molecule has 7 heteroatoms. The summed E-state index contributed by atoms with van der Waals surface area (Å²) in [5.74, 6) is -0.849. The van der Waals surface area contributed by atoms with Crippen molar-refractivity contribution in [3.8, 4) is 10.6 Å². The van der Waals surface area contributed by atoms with Gasteiger partial charge in [0, 0.05) is 34.4 Å². The third-order valence-corrected chi connectivity index (χ3v) is 6.74. The highest BCUT2D eigenvalue weighted by Gasteiger charge is 2.40. The Bertz CT molecular complexity index is 1170. The number of fused-ring (bicyclic) bond motifs is 1. The summed E-state index contributed by atoms with van der Waals surface area (Å²) >= 11 is 1.53. The molecule has 1 aliphatic carbocycles. The van der Waals surface area contributed by atoms with Gasteiger partial charge in [-0.05, 0) is 43.2 Å². The topological polar surface area (TPSA) is 79.4 Å². The SMILES string of the molecule is O=C(Nc1cccc(-c2nccs2)c1)c1ccc2c(c1)C(=O)N(C1CCCCC1)C2=O. The number of aromatic nitrogens is 1. The van der Waals surface area contributed by atoms with Crippen molar-refractivity contribution in [2.24, 2.45) is 0 Å². The van der Waals surface area contributed by atoms with Crippen LogP contribution < -0.4 is 5.32 Å². The summed E-state index contributed by atoms with van der Waals surface area (Å²) in [7, 11) is 0. The second kappa shape index (κ2) is 8.07. The van der Waals surface area contributed by atoms with Gasteiger partial charge in [-0.1, -0.05) is 31.4 Å². The van der Waals surface area contributed by atoms with Crippen LogP contribution in [0.25, 0.3) is 10.6 Å². The highest BCUT2D eigenvalue weighted by Crippen LogP contribution is 2.32. The van der Waals surface area contributed by atoms with Gasteiger partial charge in [-0.15, -0.1) is 11.3 Å². The van der Waals surface area contributed by atoms with Gasteiger partial charge < -0.3 is 5.32 Å². The molecule has 3 amide bonds. The molecular weight excluding hydrogens is 410 g/mol. The molecule has 1 fully saturated rings. The number of nitrogens with zero attached hydrogens (tertiary/aromatic N) is 2. The van der Waals surface area contributed by atoms with Crippen molar-refractivity contribution in [3.05, 3.63) is 70.7 Å². The van der Waals surface area contributed by atoms with E-state index >= 15 is 0 Å². The first-order valence-corrected chi connectivity index (χ1v) is 11.3. The van der Waals surface area contributed by atoms with Crippen molar-refractivity contribution in [2.45, 2.75) is 38.1 Å². The summed E-state index contributed by atoms with van der Waals surface area (Å²) in [6.45, 7) is 0. The minimum absolute atomic E-state index is 0.0352. The van der Waals surface area contributed by atoms with E-state index < -0.39 is 0 Å². The van der Waals surface area contributed by atoms with Crippen LogP contribution in [-0.2, 0) is 0 Å². The molecule has 156 valence electrons. The Morgan fingerprint density at radius 3 is 2.58 bits per heavy atom. The van der Waals surface area contributed by atoms with Crippen molar-refractivity contribution >= 4 is 34.7 Å². The molecule has 5 rings (SSSR count). The van der Waals surface area contributed by atoms with Gasteiger partial charge in [0.1, 0.15) is 5.01 Å². The molecule has 0 bridgehead atoms. The number of carbonyl (C=O) groups is 3. The Labute approximate surface area is 183 Å². The van der Waals surface area contributed by atoms with E-state index in [9.17, 15) is 14.4 Å². The number of benzene rings is 2. The lowest BCUT2D eigenvalue weighted by molar-refractivity contribution is 0.0549. The first-order valence-electron chi connectivity index (χ1n) is 10.4. The maximum Gasteiger partial charge on any atom is 0.261 e. The van der Waals surface area contributed by atoms with Crippen LogP contribution in [0.3, 0.4) is 0 Å². The number of imide groups is 1. The molecule has 2 aliphatic rings. The normalized spacial score (nSPS) is 16.5. The number of nitrogens with one attached hydrogen (secondary N) is 1. The minimum atomic E-state index is -0.324. The number of hydrogen-bond acceptors (Lipinski definition) is 5. The second-order valence-corrected chi connectivity index (χ2v) is 8.80. The zero-order valence-corrected chi connectivity index (χ0v) is 17.7. The van der Waals surface area contributed by atoms with Crippen LogP contribution in [0, 0.1) is 0 Å². The van der Waals surface area contributed by atoms with Crippen molar-refractivity contribution in [1.29, 1.82) is 0 Å². The largest absolute Gasteiger partial charge is 0.322 e. The third kappa shape index (κ3) is 3.65. The average Bonchev–Trinajstić information content (AvgIpc) is 3.42. The van der Waals surface area contributed by atoms with Gasteiger partial charge in [0.05, 0.1) is 11.1 Å². The molecule has 1 N–H and O–H groups in total. The first kappa shape index (κ1) is 19.6. The summed E-state index contributed by atoms with van der Waals surface area (Å²) in [4.78, 5) is 44.4. The Hall–Kier alpha value is -3.32. The number of carbonyl (C=O) groups excluding carboxylic acids is 3. The van der Waals surface area contributed by atoms with Crippen LogP contribution in [0.2, 0.25) is 0 Å². The first-order chi connectivity index (χ1) is 15.1. The summed E-state index contributed by atoms with van der Waals surface area (Å²) in [6.07, 6.45) is 6.67. The third-order valence-electron chi connectivity index (χ3n) is 5.92. The Kier molecular flexibility index (Phi) is 5.11. The average molecular weight is 432 g/mol. The predicted octanol–water partition coefficient (Wildman–Crippen LogP) is 4.99. The lowest BCUT2D eigenvalue weighted by atomic mass is 9.94. The number of thiazole rings is 1. The smallest absolute Gasteiger partial charge is 0.261 e. The van der Waals surface area contributed by atoms with Gasteiger partial charge in [0.25, 0.3) is 17.7 Å². The Balaban J connectivity index is 1.37. The summed E-state index contributed by atoms with van der Waals surface area (Å²) in [6, 6.07) is 12.2. The van der Waals surface area contributed by atoms with Gasteiger partial charge in [-0.3, -0.25) is 19.3 Å². The highest BCUT2D eigenvalue weighted by molar-refractivity contribution is 7.13. The van der Waals surface area contributed by atoms with Crippen molar-refractivity contribution in [2.75, 3.05) is 5.32 Å². The van der Waals surface area contributed by atoms with E-state index in [2.05, 4.69) is 10.3 Å². The van der Waals surface area contributed by atoms with Gasteiger partial charge in [0.15, 0.2) is 0 Å². The maximum absolute atomic E-state index is 13.0. The van der Waals surface area contributed by atoms with E-state index in [1.54, 1.807) is 24.4 Å². The molecule has 2 aromatic carbocycles. The van der Waals surface area contributed by atoms with Gasteiger partial charge in [-0.25, -0.2) is 4.98 Å². The monoisotopic (exact) mass is 431 g/mol. The van der Waals surface area contributed by atoms with Crippen LogP contribution in [0.4, 0.5) is 5.69 Å². The van der Waals surface area contributed by atoms with Gasteiger partial charge in [0.2, 0.25) is 0 Å². The molecule has 2 heterocycles. The molecular formula is C24H21N3O3S. The van der Waals surface area contributed by atoms with Crippen LogP contribution in [0.5, 0.6) is 0 Å². The summed E-state index contributed by atoms with van der Waals surface area (Å²) in [5.41, 5.74) is 2.62. The van der Waals surface area contributed by atoms with Crippen LogP contribution in [-0.4, -0.2) is 33.6 Å². The molecule has 1 aliphatic heterocycles. The number of rotatable bonds is 4. The van der Waals surface area contributed by atoms with E-state index in [1.807, 2.05) is 29.6 Å². The molecule has 1 saturated carbocycles. The Morgan fingerprint density at radius 1 is 1.00 bits per heavy atom. The predicted molar refractivity (Wildman–Crippen MR) is 119 cm³/mol. The minimum Gasteiger partial charge on any atom is -0.322 e. The van der Waals surface area contributed by atoms with Crippen molar-refractivity contribution < 1.29 is 14.4 Å². The van der Waals surface area contributed by atoms with E-state index in [0.717, 1.165) is 42.7 Å². The lowest BCUT2D eigenvalue weighted by Gasteiger charge is -2.29. The maximum atomic E-state index is 13.0. The molecule has 0 saturated heterocycles. The number of amides is 3. The van der Waals surface area contributed by atoms with Gasteiger partial charge in [-0.2, -0.15) is 0 Å². The lowest BCUT2D eigenvalue weighted by Crippen LogP contribution is -2.40. The van der Waals surface area contributed by atoms with Crippen LogP contribution in [0.1, 0.15) is 63.2 Å². The molecule has 3 aromatic rings. The molecule has 0 atom stereocenters. The second-order valence-electron chi connectivity index (χ2n) is 7.90. The Morgan fingerprint density at radius 2 is 1.81 bits per heavy atom. The molecule has 0 spiro atoms. The fourth-order valence-corrected chi connectivity index (χ4v) is 5.01. The summed E-state index contributed by atoms with van der Waals surface area (Å²) < 4.78 is 0. The molecule has 31 heavy (non-hydrogen) atoms. The van der Waals surface area contributed by atoms with Crippen molar-refractivity contribution in [3.63, 3.8) is 0 Å². The quantitative estimate of drug-likeness (QED) is 0.590. The van der Waals surface area contributed by atoms with E-state index in [4.69, 9.17) is 0 Å².